The van der Waals surface area contributed by atoms with Crippen LogP contribution in [-0.2, 0) is 62.0 Å². The molecule has 0 saturated heterocycles. The highest BCUT2D eigenvalue weighted by Gasteiger charge is 2.34. The van der Waals surface area contributed by atoms with Crippen LogP contribution in [0.2, 0.25) is 0 Å². The fourth-order valence-electron chi connectivity index (χ4n) is 15.2. The molecule has 0 bridgehead atoms. The normalized spacial score (nSPS) is 11.6. The molecule has 2 aromatic heterocycles. The highest BCUT2D eigenvalue weighted by Crippen LogP contribution is 2.48. The number of alkyl carbamates (subject to hydrolysis) is 3. The van der Waals surface area contributed by atoms with Gasteiger partial charge in [0.15, 0.2) is 0 Å². The van der Waals surface area contributed by atoms with Crippen LogP contribution in [0.25, 0.3) is 65.6 Å². The highest BCUT2D eigenvalue weighted by molar-refractivity contribution is 9.10. The second-order valence-electron chi connectivity index (χ2n) is 30.1. The van der Waals surface area contributed by atoms with Crippen molar-refractivity contribution in [1.82, 2.24) is 41.9 Å². The van der Waals surface area contributed by atoms with Gasteiger partial charge in [0.1, 0.15) is 38.5 Å². The van der Waals surface area contributed by atoms with Gasteiger partial charge in [-0.05, 0) is 158 Å². The molecule has 2 heterocycles. The molecule has 33 nitrogen and oxygen atoms in total. The second-order valence-corrected chi connectivity index (χ2v) is 33.3. The van der Waals surface area contributed by atoms with Crippen molar-refractivity contribution in [2.24, 2.45) is 5.90 Å². The molecule has 4 aliphatic carbocycles. The van der Waals surface area contributed by atoms with Gasteiger partial charge in [-0.25, -0.2) is 33.6 Å². The number of amides is 4. The minimum absolute atomic E-state index is 0.00301. The third kappa shape index (κ3) is 29.7. The molecule has 10 N–H and O–H groups in total. The fraction of sp³-hybridized carbons (Fsp3) is 0.220. The molecular formula is C100H101BBrN9O24SSi. The molecule has 11 aromatic carbocycles. The van der Waals surface area contributed by atoms with Gasteiger partial charge in [-0.2, -0.15) is 16.1 Å². The van der Waals surface area contributed by atoms with Crippen molar-refractivity contribution in [1.29, 1.82) is 0 Å². The SMILES string of the molecule is CCOC(=O)OCCCNC(=O)OCC1c2ccccc2-c2ccccc21.CCOC(=O)ON.CCOC(=O)ONC(=O)CNC(=O)OCC1c2ccccc2-c2ccccc21.O=C(CCC(=O)n1nnc2ccccc21)OCC1c2ccccc2-c2ccccc21.O=C(O)ONCCNC(=O)OCC1c2ccccc2-c2ccccc21.OB(O)c1cc2cc(Br)ccc2s1.[SiH3]c1ccccc1. The monoisotopic (exact) mass is 1960 g/mol. The number of benzene rings is 11. The van der Waals surface area contributed by atoms with Crippen molar-refractivity contribution in [3.63, 3.8) is 0 Å². The Morgan fingerprint density at radius 1 is 0.445 bits per heavy atom. The summed E-state index contributed by atoms with van der Waals surface area (Å²) in [6.45, 7) is 7.03. The quantitative estimate of drug-likeness (QED) is 0.00843. The lowest BCUT2D eigenvalue weighted by molar-refractivity contribution is -0.143. The van der Waals surface area contributed by atoms with Crippen LogP contribution in [0, 0.1) is 0 Å². The Hall–Kier alpha value is -15.1. The number of thiophene rings is 1. The van der Waals surface area contributed by atoms with Gasteiger partial charge >= 0.3 is 56.0 Å². The summed E-state index contributed by atoms with van der Waals surface area (Å²) >= 11 is 4.75. The third-order valence-electron chi connectivity index (χ3n) is 21.2. The van der Waals surface area contributed by atoms with Gasteiger partial charge in [0, 0.05) is 73.9 Å². The number of fused-ring (bicyclic) bond motifs is 14. The van der Waals surface area contributed by atoms with Crippen LogP contribution in [0.4, 0.5) is 33.6 Å². The number of hydrogen-bond acceptors (Lipinski definition) is 28. The van der Waals surface area contributed by atoms with E-state index in [0.717, 1.165) is 59.1 Å². The molecule has 137 heavy (non-hydrogen) atoms. The standard InChI is InChI=1S/C24H19N3O3.C21H23NO5.C20H20N2O6.C18H18N2O5.C8H6BBrO2S.C6H8Si.C3H7NO3/c28-23(27-22-12-6-5-11-21(22)25-26-27)13-14-24(29)30-15-20-18-9-3-1-7-16(18)17-8-2-4-10-19(17)20;1-2-25-21(24)26-13-7-12-22-20(23)27-14-19-17-10-5-3-8-15(17)16-9-4-6-11-18(16)19;1-2-26-20(25)28-22-18(23)11-21-19(24)27-12-17-15-9-5-3-7-13(15)14-8-4-6-10-16(14)17;21-17(19-9-10-20-25-18(22)23)24-11-16-14-7-3-1-5-12(14)13-6-2-4-8-15(13)16;10-6-1-2-7-5(3-6)4-8(13-7)9(11)12;7-6-4-2-1-3-5-6;1-2-6-3(5)7-4/h1-12,20H,13-15H2;3-6,8-11,19H,2,7,12-14H2,1H3,(H,22,23);3-10,17H,2,11-12H2,1H3,(H,21,24)(H,22,23);1-8,16,20H,9-11H2,(H,19,21)(H,22,23);1-4,11-12H;1-5H,7H3;2,4H2,1H3. The van der Waals surface area contributed by atoms with Gasteiger partial charge in [-0.15, -0.1) is 21.9 Å². The summed E-state index contributed by atoms with van der Waals surface area (Å²) in [5, 5.41) is 44.1. The van der Waals surface area contributed by atoms with Gasteiger partial charge < -0.3 is 83.5 Å². The predicted octanol–water partition coefficient (Wildman–Crippen LogP) is 14.8. The Bertz CT molecular complexity index is 6110. The number of hydroxylamine groups is 2. The fourth-order valence-corrected chi connectivity index (χ4v) is 16.9. The first-order valence-corrected chi connectivity index (χ1v) is 46.3. The topological polar surface area (TPSA) is 450 Å². The molecule has 0 radical (unpaired) electrons. The van der Waals surface area contributed by atoms with E-state index < -0.39 is 68.4 Å². The van der Waals surface area contributed by atoms with E-state index in [0.29, 0.717) is 28.8 Å². The molecule has 0 atom stereocenters. The van der Waals surface area contributed by atoms with E-state index in [2.05, 4.69) is 179 Å². The number of carbonyl (C=O) groups excluding carboxylic acids is 9. The van der Waals surface area contributed by atoms with E-state index in [4.69, 9.17) is 38.8 Å². The van der Waals surface area contributed by atoms with Crippen LogP contribution in [0.5, 0.6) is 0 Å². The van der Waals surface area contributed by atoms with Crippen LogP contribution >= 0.6 is 27.3 Å². The highest BCUT2D eigenvalue weighted by atomic mass is 79.9. The van der Waals surface area contributed by atoms with Crippen molar-refractivity contribution in [3.8, 4) is 44.5 Å². The Morgan fingerprint density at radius 3 is 1.26 bits per heavy atom. The number of halogens is 1. The van der Waals surface area contributed by atoms with E-state index in [1.807, 2.05) is 163 Å². The molecule has 4 aliphatic rings. The Morgan fingerprint density at radius 2 is 0.847 bits per heavy atom. The van der Waals surface area contributed by atoms with E-state index in [1.54, 1.807) is 39.0 Å². The first-order chi connectivity index (χ1) is 66.6. The summed E-state index contributed by atoms with van der Waals surface area (Å²) in [6.07, 6.45) is -5.27. The Kier molecular flexibility index (Phi) is 39.7. The number of carbonyl (C=O) groups is 10. The zero-order chi connectivity index (χ0) is 97.4. The van der Waals surface area contributed by atoms with Crippen molar-refractivity contribution >= 4 is 136 Å². The first-order valence-electron chi connectivity index (χ1n) is 43.6. The summed E-state index contributed by atoms with van der Waals surface area (Å²) in [4.78, 5) is 126. The largest absolute Gasteiger partial charge is 0.533 e. The van der Waals surface area contributed by atoms with Gasteiger partial charge in [0.2, 0.25) is 5.91 Å². The first kappa shape index (κ1) is 102. The zero-order valence-electron chi connectivity index (χ0n) is 75.1. The summed E-state index contributed by atoms with van der Waals surface area (Å²) < 4.78 is 43.7. The van der Waals surface area contributed by atoms with Crippen molar-refractivity contribution in [2.75, 3.05) is 79.0 Å². The molecule has 0 unspecified atom stereocenters. The number of esters is 1. The second kappa shape index (κ2) is 53.1. The van der Waals surface area contributed by atoms with Crippen LogP contribution in [0.15, 0.2) is 277 Å². The number of nitrogens with zero attached hydrogens (tertiary/aromatic N) is 3. The third-order valence-corrected chi connectivity index (χ3v) is 23.5. The molecule has 4 amide bonds. The molecule has 0 spiro atoms. The van der Waals surface area contributed by atoms with Crippen molar-refractivity contribution < 1.29 is 116 Å². The lowest BCUT2D eigenvalue weighted by Crippen LogP contribution is -2.38. The molecule has 37 heteroatoms. The summed E-state index contributed by atoms with van der Waals surface area (Å²) in [7, 11) is -0.191. The van der Waals surface area contributed by atoms with E-state index in [1.165, 1.54) is 76.0 Å². The van der Waals surface area contributed by atoms with Crippen LogP contribution < -0.4 is 42.8 Å². The lowest BCUT2D eigenvalue weighted by Gasteiger charge is -2.14. The van der Waals surface area contributed by atoms with Crippen molar-refractivity contribution in [2.45, 2.75) is 63.7 Å². The molecule has 13 aromatic rings. The van der Waals surface area contributed by atoms with E-state index >= 15 is 0 Å². The van der Waals surface area contributed by atoms with Gasteiger partial charge in [0.05, 0.1) is 38.4 Å². The average Bonchev–Trinajstić information content (AvgIpc) is 1.63. The van der Waals surface area contributed by atoms with Gasteiger partial charge in [-0.3, -0.25) is 14.4 Å². The lowest BCUT2D eigenvalue weighted by atomic mass is 9.89. The van der Waals surface area contributed by atoms with Gasteiger partial charge in [-0.1, -0.05) is 263 Å². The number of nitrogens with one attached hydrogen (secondary N) is 5. The van der Waals surface area contributed by atoms with Crippen molar-refractivity contribution in [3.05, 3.63) is 322 Å². The Balaban J connectivity index is 0.000000161. The maximum Gasteiger partial charge on any atom is 0.533 e. The number of nitrogens with two attached hydrogens (primary N) is 1. The molecule has 710 valence electrons. The zero-order valence-corrected chi connectivity index (χ0v) is 79.5. The minimum Gasteiger partial charge on any atom is -0.465 e. The number of para-hydroxylation sites is 1. The Labute approximate surface area is 804 Å². The number of ether oxygens (including phenoxy) is 8. The molecular weight excluding hydrogens is 1860 g/mol. The number of aromatic nitrogens is 3. The maximum absolute atomic E-state index is 12.5. The smallest absolute Gasteiger partial charge is 0.465 e. The molecule has 0 aliphatic heterocycles. The number of carboxylic acid groups (broad SMARTS) is 1. The maximum atomic E-state index is 12.5. The number of hydrogen-bond donors (Lipinski definition) is 9. The van der Waals surface area contributed by atoms with E-state index in [-0.39, 0.29) is 108 Å². The predicted molar refractivity (Wildman–Crippen MR) is 520 cm³/mol. The van der Waals surface area contributed by atoms with Crippen LogP contribution in [0.1, 0.15) is 113 Å². The van der Waals surface area contributed by atoms with Crippen LogP contribution in [0.3, 0.4) is 0 Å². The molecule has 0 saturated carbocycles. The summed E-state index contributed by atoms with van der Waals surface area (Å²) in [6, 6.07) is 90.3. The van der Waals surface area contributed by atoms with Crippen LogP contribution in [-0.4, -0.2) is 187 Å². The summed E-state index contributed by atoms with van der Waals surface area (Å²) in [5.41, 5.74) is 23.8. The number of rotatable bonds is 25. The minimum atomic E-state index is -1.43. The molecule has 0 fully saturated rings. The summed E-state index contributed by atoms with van der Waals surface area (Å²) in [5.74, 6) is 2.97. The molecule has 17 rings (SSSR count). The van der Waals surface area contributed by atoms with Gasteiger partial charge in [0.25, 0.3) is 5.91 Å². The van der Waals surface area contributed by atoms with E-state index in [9.17, 15) is 47.9 Å². The average molecular weight is 1960 g/mol.